The topological polar surface area (TPSA) is 54.4 Å². The second-order valence-electron chi connectivity index (χ2n) is 4.72. The summed E-state index contributed by atoms with van der Waals surface area (Å²) in [7, 11) is 0. The molecule has 0 heterocycles. The minimum absolute atomic E-state index is 0.0952. The van der Waals surface area contributed by atoms with Crippen molar-refractivity contribution in [1.82, 2.24) is 0 Å². The van der Waals surface area contributed by atoms with Crippen LogP contribution >= 0.6 is 0 Å². The van der Waals surface area contributed by atoms with Gasteiger partial charge in [0.25, 0.3) is 0 Å². The molecule has 0 aliphatic carbocycles. The van der Waals surface area contributed by atoms with E-state index in [1.54, 1.807) is 36.4 Å². The molecule has 0 atom stereocenters. The molecule has 21 heavy (non-hydrogen) atoms. The van der Waals surface area contributed by atoms with E-state index in [9.17, 15) is 14.7 Å². The van der Waals surface area contributed by atoms with Gasteiger partial charge in [-0.05, 0) is 30.2 Å². The number of benzene rings is 2. The van der Waals surface area contributed by atoms with Crippen LogP contribution in [0.15, 0.2) is 61.2 Å². The number of phenols is 1. The molecule has 0 saturated heterocycles. The van der Waals surface area contributed by atoms with E-state index in [-0.39, 0.29) is 23.7 Å². The van der Waals surface area contributed by atoms with Gasteiger partial charge in [0, 0.05) is 11.1 Å². The first kappa shape index (κ1) is 14.7. The molecule has 0 aliphatic heterocycles. The lowest BCUT2D eigenvalue weighted by atomic mass is 9.96. The zero-order chi connectivity index (χ0) is 15.2. The van der Waals surface area contributed by atoms with Crippen molar-refractivity contribution in [3.63, 3.8) is 0 Å². The number of Topliss-reactive ketones (excluding diaryl/α,β-unsaturated/α-hetero) is 2. The van der Waals surface area contributed by atoms with Crippen LogP contribution in [-0.2, 0) is 6.42 Å². The van der Waals surface area contributed by atoms with Crippen LogP contribution in [0.1, 0.15) is 32.7 Å². The number of ketones is 2. The smallest absolute Gasteiger partial charge is 0.170 e. The van der Waals surface area contributed by atoms with Gasteiger partial charge in [0.05, 0.1) is 6.42 Å². The Morgan fingerprint density at radius 1 is 1.05 bits per heavy atom. The van der Waals surface area contributed by atoms with Crippen molar-refractivity contribution in [3.05, 3.63) is 77.9 Å². The fourth-order valence-electron chi connectivity index (χ4n) is 2.14. The van der Waals surface area contributed by atoms with Crippen LogP contribution in [0, 0.1) is 0 Å². The molecule has 2 aromatic carbocycles. The van der Waals surface area contributed by atoms with Gasteiger partial charge in [0.15, 0.2) is 11.6 Å². The van der Waals surface area contributed by atoms with E-state index in [0.29, 0.717) is 23.1 Å². The highest BCUT2D eigenvalue weighted by atomic mass is 16.3. The van der Waals surface area contributed by atoms with Crippen molar-refractivity contribution in [1.29, 1.82) is 0 Å². The van der Waals surface area contributed by atoms with Crippen LogP contribution in [0.3, 0.4) is 0 Å². The lowest BCUT2D eigenvalue weighted by molar-refractivity contribution is 0.0894. The van der Waals surface area contributed by atoms with Gasteiger partial charge in [-0.2, -0.15) is 0 Å². The number of hydrogen-bond donors (Lipinski definition) is 1. The predicted octanol–water partition coefficient (Wildman–Crippen LogP) is 3.58. The quantitative estimate of drug-likeness (QED) is 0.500. The molecular formula is C18H16O3. The Morgan fingerprint density at radius 2 is 1.76 bits per heavy atom. The first-order valence-corrected chi connectivity index (χ1v) is 6.66. The van der Waals surface area contributed by atoms with E-state index >= 15 is 0 Å². The zero-order valence-corrected chi connectivity index (χ0v) is 11.6. The van der Waals surface area contributed by atoms with Crippen molar-refractivity contribution in [2.75, 3.05) is 0 Å². The molecule has 2 rings (SSSR count). The Hall–Kier alpha value is -2.68. The fraction of sp³-hybridized carbons (Fsp3) is 0.111. The third kappa shape index (κ3) is 3.66. The number of carbonyl (C=O) groups is 2. The minimum Gasteiger partial charge on any atom is -0.508 e. The summed E-state index contributed by atoms with van der Waals surface area (Å²) < 4.78 is 0. The average molecular weight is 280 g/mol. The zero-order valence-electron chi connectivity index (χ0n) is 11.6. The standard InChI is InChI=1S/C18H16O3/c1-2-6-14-11-15(19)9-10-16(14)18(21)12-17(20)13-7-4-3-5-8-13/h2-5,7-11,19H,1,6,12H2. The highest BCUT2D eigenvalue weighted by molar-refractivity contribution is 6.14. The maximum absolute atomic E-state index is 12.3. The summed E-state index contributed by atoms with van der Waals surface area (Å²) in [6.07, 6.45) is 1.94. The molecule has 0 saturated carbocycles. The summed E-state index contributed by atoms with van der Waals surface area (Å²) in [6, 6.07) is 13.3. The van der Waals surface area contributed by atoms with Gasteiger partial charge < -0.3 is 5.11 Å². The summed E-state index contributed by atoms with van der Waals surface area (Å²) in [4.78, 5) is 24.4. The molecule has 0 aliphatic rings. The lowest BCUT2D eigenvalue weighted by Crippen LogP contribution is -2.10. The maximum Gasteiger partial charge on any atom is 0.170 e. The van der Waals surface area contributed by atoms with Crippen molar-refractivity contribution in [2.24, 2.45) is 0 Å². The average Bonchev–Trinajstić information content (AvgIpc) is 2.48. The van der Waals surface area contributed by atoms with E-state index in [2.05, 4.69) is 6.58 Å². The summed E-state index contributed by atoms with van der Waals surface area (Å²) >= 11 is 0. The van der Waals surface area contributed by atoms with Gasteiger partial charge in [0.2, 0.25) is 0 Å². The Labute approximate surface area is 123 Å². The molecular weight excluding hydrogens is 264 g/mol. The van der Waals surface area contributed by atoms with Crippen LogP contribution in [0.5, 0.6) is 5.75 Å². The third-order valence-electron chi connectivity index (χ3n) is 3.17. The Morgan fingerprint density at radius 3 is 2.43 bits per heavy atom. The number of rotatable bonds is 6. The van der Waals surface area contributed by atoms with Crippen molar-refractivity contribution in [2.45, 2.75) is 12.8 Å². The number of aromatic hydroxyl groups is 1. The molecule has 0 spiro atoms. The Bertz CT molecular complexity index is 672. The van der Waals surface area contributed by atoms with Gasteiger partial charge >= 0.3 is 0 Å². The summed E-state index contributed by atoms with van der Waals surface area (Å²) in [5, 5.41) is 9.49. The number of carbonyl (C=O) groups excluding carboxylic acids is 2. The van der Waals surface area contributed by atoms with E-state index in [1.165, 1.54) is 12.1 Å². The first-order chi connectivity index (χ1) is 10.1. The predicted molar refractivity (Wildman–Crippen MR) is 81.7 cm³/mol. The van der Waals surface area contributed by atoms with Crippen molar-refractivity contribution < 1.29 is 14.7 Å². The van der Waals surface area contributed by atoms with Crippen LogP contribution < -0.4 is 0 Å². The SMILES string of the molecule is C=CCc1cc(O)ccc1C(=O)CC(=O)c1ccccc1. The molecule has 2 aromatic rings. The van der Waals surface area contributed by atoms with E-state index in [4.69, 9.17) is 0 Å². The van der Waals surface area contributed by atoms with Crippen molar-refractivity contribution in [3.8, 4) is 5.75 Å². The van der Waals surface area contributed by atoms with Gasteiger partial charge in [-0.15, -0.1) is 6.58 Å². The van der Waals surface area contributed by atoms with E-state index in [1.807, 2.05) is 6.07 Å². The van der Waals surface area contributed by atoms with Crippen LogP contribution in [0.4, 0.5) is 0 Å². The molecule has 3 nitrogen and oxygen atoms in total. The monoisotopic (exact) mass is 280 g/mol. The fourth-order valence-corrected chi connectivity index (χ4v) is 2.14. The second kappa shape index (κ2) is 6.66. The molecule has 0 unspecified atom stereocenters. The molecule has 0 aromatic heterocycles. The molecule has 0 radical (unpaired) electrons. The molecule has 0 fully saturated rings. The van der Waals surface area contributed by atoms with Gasteiger partial charge in [-0.1, -0.05) is 36.4 Å². The summed E-state index contributed by atoms with van der Waals surface area (Å²) in [5.74, 6) is -0.364. The highest BCUT2D eigenvalue weighted by Gasteiger charge is 2.16. The largest absolute Gasteiger partial charge is 0.508 e. The number of allylic oxidation sites excluding steroid dienone is 1. The molecule has 1 N–H and O–H groups in total. The minimum atomic E-state index is -0.249. The molecule has 0 bridgehead atoms. The van der Waals surface area contributed by atoms with Crippen molar-refractivity contribution >= 4 is 11.6 Å². The maximum atomic E-state index is 12.3. The molecule has 106 valence electrons. The summed E-state index contributed by atoms with van der Waals surface area (Å²) in [5.41, 5.74) is 1.66. The second-order valence-corrected chi connectivity index (χ2v) is 4.72. The Balaban J connectivity index is 2.21. The molecule has 3 heteroatoms. The van der Waals surface area contributed by atoms with Gasteiger partial charge in [-0.25, -0.2) is 0 Å². The number of hydrogen-bond acceptors (Lipinski definition) is 3. The van der Waals surface area contributed by atoms with E-state index < -0.39 is 0 Å². The van der Waals surface area contributed by atoms with E-state index in [0.717, 1.165) is 0 Å². The first-order valence-electron chi connectivity index (χ1n) is 6.66. The van der Waals surface area contributed by atoms with Gasteiger partial charge in [-0.3, -0.25) is 9.59 Å². The number of phenolic OH excluding ortho intramolecular Hbond substituents is 1. The van der Waals surface area contributed by atoms with Crippen LogP contribution in [0.25, 0.3) is 0 Å². The third-order valence-corrected chi connectivity index (χ3v) is 3.17. The van der Waals surface area contributed by atoms with Gasteiger partial charge in [0.1, 0.15) is 5.75 Å². The molecule has 0 amide bonds. The van der Waals surface area contributed by atoms with Crippen LogP contribution in [0.2, 0.25) is 0 Å². The highest BCUT2D eigenvalue weighted by Crippen LogP contribution is 2.20. The Kier molecular flexibility index (Phi) is 4.67. The normalized spacial score (nSPS) is 10.1. The lowest BCUT2D eigenvalue weighted by Gasteiger charge is -2.07. The van der Waals surface area contributed by atoms with Crippen LogP contribution in [-0.4, -0.2) is 16.7 Å². The summed E-state index contributed by atoms with van der Waals surface area (Å²) in [6.45, 7) is 3.63.